The summed E-state index contributed by atoms with van der Waals surface area (Å²) >= 11 is 3.45. The monoisotopic (exact) mass is 265 g/mol. The molecule has 2 heteroatoms. The van der Waals surface area contributed by atoms with Crippen LogP contribution in [0, 0.1) is 17.8 Å². The molecule has 3 atom stereocenters. The van der Waals surface area contributed by atoms with Gasteiger partial charge in [0, 0.05) is 10.5 Å². The minimum atomic E-state index is 0.272. The van der Waals surface area contributed by atoms with E-state index in [1.165, 1.54) is 24.8 Å². The fraction of sp³-hybridized carbons (Fsp3) is 0.538. The zero-order valence-corrected chi connectivity index (χ0v) is 10.3. The summed E-state index contributed by atoms with van der Waals surface area (Å²) in [5.41, 5.74) is 7.63. The molecule has 0 heterocycles. The second-order valence-electron chi connectivity index (χ2n) is 4.91. The van der Waals surface area contributed by atoms with Gasteiger partial charge in [-0.3, -0.25) is 0 Å². The lowest BCUT2D eigenvalue weighted by Gasteiger charge is -2.14. The Labute approximate surface area is 99.2 Å². The van der Waals surface area contributed by atoms with Gasteiger partial charge in [0.05, 0.1) is 0 Å². The summed E-state index contributed by atoms with van der Waals surface area (Å²) in [6.45, 7) is 0. The van der Waals surface area contributed by atoms with Gasteiger partial charge in [-0.1, -0.05) is 34.5 Å². The Hall–Kier alpha value is -0.340. The zero-order chi connectivity index (χ0) is 10.4. The molecule has 2 N–H and O–H groups in total. The third-order valence-electron chi connectivity index (χ3n) is 4.14. The van der Waals surface area contributed by atoms with Crippen LogP contribution in [0.5, 0.6) is 0 Å². The number of fused-ring (bicyclic) bond motifs is 1. The molecule has 0 aliphatic heterocycles. The summed E-state index contributed by atoms with van der Waals surface area (Å²) in [7, 11) is 0. The Balaban J connectivity index is 1.75. The number of benzene rings is 1. The zero-order valence-electron chi connectivity index (χ0n) is 8.70. The summed E-state index contributed by atoms with van der Waals surface area (Å²) in [5, 5.41) is 0. The molecule has 0 spiro atoms. The fourth-order valence-corrected chi connectivity index (χ4v) is 3.58. The van der Waals surface area contributed by atoms with Gasteiger partial charge in [0.2, 0.25) is 0 Å². The molecule has 15 heavy (non-hydrogen) atoms. The first kappa shape index (κ1) is 9.86. The van der Waals surface area contributed by atoms with E-state index in [1.807, 2.05) is 0 Å². The van der Waals surface area contributed by atoms with Crippen LogP contribution in [0.4, 0.5) is 0 Å². The van der Waals surface area contributed by atoms with Crippen molar-refractivity contribution in [1.29, 1.82) is 0 Å². The van der Waals surface area contributed by atoms with E-state index in [0.717, 1.165) is 22.2 Å². The van der Waals surface area contributed by atoms with Gasteiger partial charge >= 0.3 is 0 Å². The minimum Gasteiger partial charge on any atom is -0.324 e. The van der Waals surface area contributed by atoms with Crippen molar-refractivity contribution in [2.75, 3.05) is 0 Å². The fourth-order valence-electron chi connectivity index (χ4n) is 3.32. The molecule has 1 nitrogen and oxygen atoms in total. The van der Waals surface area contributed by atoms with Crippen molar-refractivity contribution in [3.05, 3.63) is 34.3 Å². The summed E-state index contributed by atoms with van der Waals surface area (Å²) in [5.74, 6) is 2.67. The first-order valence-electron chi connectivity index (χ1n) is 5.78. The van der Waals surface area contributed by atoms with Crippen molar-refractivity contribution in [1.82, 2.24) is 0 Å². The number of halogens is 1. The topological polar surface area (TPSA) is 26.0 Å². The maximum atomic E-state index is 6.33. The van der Waals surface area contributed by atoms with E-state index in [-0.39, 0.29) is 6.04 Å². The van der Waals surface area contributed by atoms with Crippen LogP contribution >= 0.6 is 15.9 Å². The SMILES string of the molecule is NC(c1ccc(Br)cc1)C1C2CCCC21. The Kier molecular flexibility index (Phi) is 2.37. The summed E-state index contributed by atoms with van der Waals surface area (Å²) in [4.78, 5) is 0. The lowest BCUT2D eigenvalue weighted by molar-refractivity contribution is 0.502. The van der Waals surface area contributed by atoms with Gasteiger partial charge < -0.3 is 5.73 Å². The van der Waals surface area contributed by atoms with Crippen molar-refractivity contribution in [3.63, 3.8) is 0 Å². The highest BCUT2D eigenvalue weighted by Gasteiger charge is 2.55. The molecule has 0 bridgehead atoms. The van der Waals surface area contributed by atoms with Crippen molar-refractivity contribution in [2.24, 2.45) is 23.5 Å². The van der Waals surface area contributed by atoms with E-state index in [4.69, 9.17) is 5.73 Å². The van der Waals surface area contributed by atoms with Crippen LogP contribution in [0.2, 0.25) is 0 Å². The molecule has 2 aliphatic rings. The quantitative estimate of drug-likeness (QED) is 0.871. The summed E-state index contributed by atoms with van der Waals surface area (Å²) in [6, 6.07) is 8.76. The van der Waals surface area contributed by atoms with E-state index < -0.39 is 0 Å². The lowest BCUT2D eigenvalue weighted by atomic mass is 9.98. The van der Waals surface area contributed by atoms with Gasteiger partial charge in [0.1, 0.15) is 0 Å². The van der Waals surface area contributed by atoms with Gasteiger partial charge in [0.15, 0.2) is 0 Å². The highest BCUT2D eigenvalue weighted by molar-refractivity contribution is 9.10. The normalized spacial score (nSPS) is 34.9. The van der Waals surface area contributed by atoms with E-state index in [2.05, 4.69) is 40.2 Å². The predicted octanol–water partition coefficient (Wildman–Crippen LogP) is 3.50. The van der Waals surface area contributed by atoms with Crippen molar-refractivity contribution in [3.8, 4) is 0 Å². The van der Waals surface area contributed by atoms with Gasteiger partial charge in [-0.15, -0.1) is 0 Å². The molecule has 3 unspecified atom stereocenters. The van der Waals surface area contributed by atoms with Gasteiger partial charge in [-0.05, 0) is 48.3 Å². The molecule has 1 aromatic carbocycles. The molecule has 0 amide bonds. The molecule has 2 fully saturated rings. The van der Waals surface area contributed by atoms with E-state index in [1.54, 1.807) is 0 Å². The largest absolute Gasteiger partial charge is 0.324 e. The molecular formula is C13H16BrN. The van der Waals surface area contributed by atoms with Crippen molar-refractivity contribution in [2.45, 2.75) is 25.3 Å². The smallest absolute Gasteiger partial charge is 0.0329 e. The predicted molar refractivity (Wildman–Crippen MR) is 65.4 cm³/mol. The van der Waals surface area contributed by atoms with E-state index >= 15 is 0 Å². The van der Waals surface area contributed by atoms with Crippen molar-refractivity contribution >= 4 is 15.9 Å². The van der Waals surface area contributed by atoms with E-state index in [0.29, 0.717) is 0 Å². The van der Waals surface area contributed by atoms with Crippen LogP contribution in [0.3, 0.4) is 0 Å². The number of hydrogen-bond donors (Lipinski definition) is 1. The van der Waals surface area contributed by atoms with Crippen LogP contribution < -0.4 is 5.73 Å². The molecule has 1 aromatic rings. The highest BCUT2D eigenvalue weighted by Crippen LogP contribution is 2.61. The molecule has 0 saturated heterocycles. The maximum Gasteiger partial charge on any atom is 0.0329 e. The Morgan fingerprint density at radius 3 is 2.33 bits per heavy atom. The molecule has 0 aromatic heterocycles. The van der Waals surface area contributed by atoms with Crippen LogP contribution in [0.15, 0.2) is 28.7 Å². The molecule has 2 saturated carbocycles. The summed E-state index contributed by atoms with van der Waals surface area (Å²) in [6.07, 6.45) is 4.26. The molecule has 3 rings (SSSR count). The standard InChI is InChI=1S/C13H16BrN/c14-9-6-4-8(5-7-9)13(15)12-10-2-1-3-11(10)12/h4-7,10-13H,1-3,15H2. The second kappa shape index (κ2) is 3.60. The third kappa shape index (κ3) is 1.64. The molecule has 0 radical (unpaired) electrons. The van der Waals surface area contributed by atoms with Crippen LogP contribution in [0.1, 0.15) is 30.9 Å². The minimum absolute atomic E-state index is 0.272. The molecule has 80 valence electrons. The number of rotatable bonds is 2. The Bertz CT molecular complexity index is 349. The first-order valence-corrected chi connectivity index (χ1v) is 6.58. The Morgan fingerprint density at radius 2 is 1.73 bits per heavy atom. The van der Waals surface area contributed by atoms with E-state index in [9.17, 15) is 0 Å². The maximum absolute atomic E-state index is 6.33. The Morgan fingerprint density at radius 1 is 1.13 bits per heavy atom. The number of nitrogens with two attached hydrogens (primary N) is 1. The first-order chi connectivity index (χ1) is 7.27. The number of hydrogen-bond acceptors (Lipinski definition) is 1. The molecule has 2 aliphatic carbocycles. The average Bonchev–Trinajstić information content (AvgIpc) is 2.72. The average molecular weight is 266 g/mol. The van der Waals surface area contributed by atoms with Gasteiger partial charge in [-0.2, -0.15) is 0 Å². The highest BCUT2D eigenvalue weighted by atomic mass is 79.9. The molecular weight excluding hydrogens is 250 g/mol. The summed E-state index contributed by atoms with van der Waals surface area (Å²) < 4.78 is 1.13. The van der Waals surface area contributed by atoms with Crippen LogP contribution in [-0.2, 0) is 0 Å². The van der Waals surface area contributed by atoms with Gasteiger partial charge in [-0.25, -0.2) is 0 Å². The van der Waals surface area contributed by atoms with Crippen molar-refractivity contribution < 1.29 is 0 Å². The van der Waals surface area contributed by atoms with Gasteiger partial charge in [0.25, 0.3) is 0 Å². The second-order valence-corrected chi connectivity index (χ2v) is 5.83. The lowest BCUT2D eigenvalue weighted by Crippen LogP contribution is -2.15. The third-order valence-corrected chi connectivity index (χ3v) is 4.67. The van der Waals surface area contributed by atoms with Crippen LogP contribution in [0.25, 0.3) is 0 Å². The van der Waals surface area contributed by atoms with Crippen LogP contribution in [-0.4, -0.2) is 0 Å².